The smallest absolute Gasteiger partial charge is 0.259 e. The van der Waals surface area contributed by atoms with E-state index in [0.717, 1.165) is 16.0 Å². The summed E-state index contributed by atoms with van der Waals surface area (Å²) in [7, 11) is 3.12. The molecule has 0 unspecified atom stereocenters. The number of thiazole rings is 1. The summed E-state index contributed by atoms with van der Waals surface area (Å²) in [6.07, 6.45) is 0. The standard InChI is InChI=1S/C14H10Cl2N2O3S2/c1-20-8-4-7-10(5-9(8)21-2)22-14(17-7)18-13(19)6-3-11(15)23-12(6)16/h3-5H,1-2H3,(H,17,18,19). The highest BCUT2D eigenvalue weighted by molar-refractivity contribution is 7.22. The molecule has 120 valence electrons. The fraction of sp³-hybridized carbons (Fsp3) is 0.143. The molecule has 0 bridgehead atoms. The molecule has 0 saturated carbocycles. The van der Waals surface area contributed by atoms with Gasteiger partial charge in [-0.15, -0.1) is 11.3 Å². The number of aromatic nitrogens is 1. The molecule has 5 nitrogen and oxygen atoms in total. The summed E-state index contributed by atoms with van der Waals surface area (Å²) in [4.78, 5) is 16.6. The molecule has 0 radical (unpaired) electrons. The molecule has 0 spiro atoms. The molecule has 2 aromatic heterocycles. The third-order valence-corrected chi connectivity index (χ3v) is 5.44. The first-order valence-corrected chi connectivity index (χ1v) is 8.69. The molecule has 1 amide bonds. The summed E-state index contributed by atoms with van der Waals surface area (Å²) in [5.74, 6) is 0.834. The first-order chi connectivity index (χ1) is 11.0. The van der Waals surface area contributed by atoms with Crippen LogP contribution < -0.4 is 14.8 Å². The molecule has 3 rings (SSSR count). The van der Waals surface area contributed by atoms with Crippen LogP contribution in [0.15, 0.2) is 18.2 Å². The number of carbonyl (C=O) groups is 1. The normalized spacial score (nSPS) is 10.8. The number of carbonyl (C=O) groups excluding carboxylic acids is 1. The van der Waals surface area contributed by atoms with Gasteiger partial charge < -0.3 is 9.47 Å². The van der Waals surface area contributed by atoms with Gasteiger partial charge in [0.15, 0.2) is 16.6 Å². The highest BCUT2D eigenvalue weighted by Crippen LogP contribution is 2.37. The van der Waals surface area contributed by atoms with E-state index in [2.05, 4.69) is 10.3 Å². The predicted octanol–water partition coefficient (Wildman–Crippen LogP) is 4.93. The molecule has 0 saturated heterocycles. The maximum Gasteiger partial charge on any atom is 0.259 e. The van der Waals surface area contributed by atoms with Gasteiger partial charge in [0.1, 0.15) is 4.34 Å². The summed E-state index contributed by atoms with van der Waals surface area (Å²) >= 11 is 14.3. The molecule has 0 aliphatic heterocycles. The van der Waals surface area contributed by atoms with Gasteiger partial charge in [-0.25, -0.2) is 4.98 Å². The van der Waals surface area contributed by atoms with Gasteiger partial charge in [0.2, 0.25) is 0 Å². The molecule has 0 aliphatic rings. The maximum absolute atomic E-state index is 12.2. The number of amides is 1. The van der Waals surface area contributed by atoms with E-state index in [9.17, 15) is 4.79 Å². The lowest BCUT2D eigenvalue weighted by molar-refractivity contribution is 0.102. The van der Waals surface area contributed by atoms with Gasteiger partial charge in [-0.1, -0.05) is 34.5 Å². The monoisotopic (exact) mass is 388 g/mol. The van der Waals surface area contributed by atoms with Crippen LogP contribution in [-0.4, -0.2) is 25.1 Å². The average molecular weight is 389 g/mol. The molecule has 1 aromatic carbocycles. The van der Waals surface area contributed by atoms with Crippen molar-refractivity contribution in [2.45, 2.75) is 0 Å². The van der Waals surface area contributed by atoms with Gasteiger partial charge in [-0.2, -0.15) is 0 Å². The van der Waals surface area contributed by atoms with Crippen molar-refractivity contribution in [2.24, 2.45) is 0 Å². The lowest BCUT2D eigenvalue weighted by Crippen LogP contribution is -2.10. The SMILES string of the molecule is COc1cc2nc(NC(=O)c3cc(Cl)sc3Cl)sc2cc1OC. The van der Waals surface area contributed by atoms with Crippen LogP contribution in [0.1, 0.15) is 10.4 Å². The molecule has 3 aromatic rings. The molecule has 2 heterocycles. The van der Waals surface area contributed by atoms with Crippen molar-refractivity contribution in [3.05, 3.63) is 32.4 Å². The number of anilines is 1. The maximum atomic E-state index is 12.2. The molecule has 23 heavy (non-hydrogen) atoms. The number of halogens is 2. The summed E-state index contributed by atoms with van der Waals surface area (Å²) in [6, 6.07) is 5.11. The topological polar surface area (TPSA) is 60.5 Å². The predicted molar refractivity (Wildman–Crippen MR) is 95.0 cm³/mol. The van der Waals surface area contributed by atoms with Crippen molar-refractivity contribution >= 4 is 67.1 Å². The van der Waals surface area contributed by atoms with Crippen molar-refractivity contribution in [1.82, 2.24) is 4.98 Å². The fourth-order valence-electron chi connectivity index (χ4n) is 1.97. The Kier molecular flexibility index (Phi) is 4.63. The second-order valence-corrected chi connectivity index (χ2v) is 7.70. The van der Waals surface area contributed by atoms with E-state index < -0.39 is 0 Å². The van der Waals surface area contributed by atoms with Crippen LogP contribution in [0.25, 0.3) is 10.2 Å². The summed E-state index contributed by atoms with van der Waals surface area (Å²) in [5.41, 5.74) is 1.04. The minimum Gasteiger partial charge on any atom is -0.493 e. The van der Waals surface area contributed by atoms with Crippen molar-refractivity contribution in [2.75, 3.05) is 19.5 Å². The first kappa shape index (κ1) is 16.3. The van der Waals surface area contributed by atoms with Gasteiger partial charge in [0, 0.05) is 12.1 Å². The zero-order valence-electron chi connectivity index (χ0n) is 12.0. The van der Waals surface area contributed by atoms with Crippen LogP contribution in [0, 0.1) is 0 Å². The van der Waals surface area contributed by atoms with Crippen LogP contribution in [0.5, 0.6) is 11.5 Å². The summed E-state index contributed by atoms with van der Waals surface area (Å²) < 4.78 is 12.2. The zero-order valence-corrected chi connectivity index (χ0v) is 15.1. The first-order valence-electron chi connectivity index (χ1n) is 6.30. The number of hydrogen-bond donors (Lipinski definition) is 1. The molecule has 1 N–H and O–H groups in total. The van der Waals surface area contributed by atoms with E-state index in [-0.39, 0.29) is 5.91 Å². The Balaban J connectivity index is 1.91. The Labute approximate surface area is 149 Å². The van der Waals surface area contributed by atoms with Gasteiger partial charge in [-0.3, -0.25) is 10.1 Å². The minimum atomic E-state index is -0.351. The molecule has 9 heteroatoms. The number of hydrogen-bond acceptors (Lipinski definition) is 6. The Morgan fingerprint density at radius 2 is 1.83 bits per heavy atom. The van der Waals surface area contributed by atoms with Crippen LogP contribution in [0.4, 0.5) is 5.13 Å². The van der Waals surface area contributed by atoms with Crippen molar-refractivity contribution < 1.29 is 14.3 Å². The number of methoxy groups -OCH3 is 2. The van der Waals surface area contributed by atoms with Gasteiger partial charge in [0.25, 0.3) is 5.91 Å². The van der Waals surface area contributed by atoms with Crippen LogP contribution in [-0.2, 0) is 0 Å². The van der Waals surface area contributed by atoms with Crippen LogP contribution in [0.3, 0.4) is 0 Å². The third-order valence-electron chi connectivity index (χ3n) is 3.02. The van der Waals surface area contributed by atoms with E-state index in [1.54, 1.807) is 20.3 Å². The Morgan fingerprint density at radius 1 is 1.13 bits per heavy atom. The molecular formula is C14H10Cl2N2O3S2. The van der Waals surface area contributed by atoms with Gasteiger partial charge >= 0.3 is 0 Å². The summed E-state index contributed by atoms with van der Waals surface area (Å²) in [6.45, 7) is 0. The number of nitrogens with zero attached hydrogens (tertiary/aromatic N) is 1. The van der Waals surface area contributed by atoms with Crippen molar-refractivity contribution in [3.63, 3.8) is 0 Å². The van der Waals surface area contributed by atoms with Crippen molar-refractivity contribution in [3.8, 4) is 11.5 Å². The van der Waals surface area contributed by atoms with Gasteiger partial charge in [-0.05, 0) is 6.07 Å². The van der Waals surface area contributed by atoms with E-state index in [1.807, 2.05) is 6.07 Å². The second kappa shape index (κ2) is 6.52. The van der Waals surface area contributed by atoms with E-state index in [0.29, 0.717) is 36.4 Å². The van der Waals surface area contributed by atoms with E-state index in [4.69, 9.17) is 32.7 Å². The van der Waals surface area contributed by atoms with Crippen LogP contribution >= 0.6 is 45.9 Å². The molecule has 0 aliphatic carbocycles. The highest BCUT2D eigenvalue weighted by atomic mass is 35.5. The number of fused-ring (bicyclic) bond motifs is 1. The highest BCUT2D eigenvalue weighted by Gasteiger charge is 2.17. The number of rotatable bonds is 4. The van der Waals surface area contributed by atoms with E-state index >= 15 is 0 Å². The number of nitrogens with one attached hydrogen (secondary N) is 1. The largest absolute Gasteiger partial charge is 0.493 e. The lowest BCUT2D eigenvalue weighted by atomic mass is 10.3. The number of ether oxygens (including phenoxy) is 2. The Morgan fingerprint density at radius 3 is 2.43 bits per heavy atom. The minimum absolute atomic E-state index is 0.330. The number of thiophene rings is 1. The van der Waals surface area contributed by atoms with Crippen molar-refractivity contribution in [1.29, 1.82) is 0 Å². The van der Waals surface area contributed by atoms with Gasteiger partial charge in [0.05, 0.1) is 34.3 Å². The number of benzene rings is 1. The molecule has 0 fully saturated rings. The molecule has 0 atom stereocenters. The third kappa shape index (κ3) is 3.23. The van der Waals surface area contributed by atoms with Crippen LogP contribution in [0.2, 0.25) is 8.67 Å². The lowest BCUT2D eigenvalue weighted by Gasteiger charge is -2.05. The van der Waals surface area contributed by atoms with E-state index in [1.165, 1.54) is 17.4 Å². The Bertz CT molecular complexity index is 851. The summed E-state index contributed by atoms with van der Waals surface area (Å²) in [5, 5.41) is 3.18. The average Bonchev–Trinajstić information content (AvgIpc) is 3.06. The molecular weight excluding hydrogens is 379 g/mol. The zero-order chi connectivity index (χ0) is 16.6. The quantitative estimate of drug-likeness (QED) is 0.687. The fourth-order valence-corrected chi connectivity index (χ4v) is 4.30. The second-order valence-electron chi connectivity index (χ2n) is 4.39. The Hall–Kier alpha value is -1.54.